The Bertz CT molecular complexity index is 600. The first kappa shape index (κ1) is 12.9. The van der Waals surface area contributed by atoms with Crippen LogP contribution in [0.15, 0.2) is 36.5 Å². The molecule has 0 radical (unpaired) electrons. The first-order valence-corrected chi connectivity index (χ1v) is 5.44. The Kier molecular flexibility index (Phi) is 3.70. The topological polar surface area (TPSA) is 62.2 Å². The molecule has 0 aliphatic rings. The maximum Gasteiger partial charge on any atom is 0.338 e. The summed E-state index contributed by atoms with van der Waals surface area (Å²) in [5.41, 5.74) is 0.278. The zero-order valence-corrected chi connectivity index (χ0v) is 9.73. The highest BCUT2D eigenvalue weighted by atomic mass is 19.1. The van der Waals surface area contributed by atoms with Gasteiger partial charge in [0.25, 0.3) is 0 Å². The van der Waals surface area contributed by atoms with E-state index in [2.05, 4.69) is 10.3 Å². The predicted octanol–water partition coefficient (Wildman–Crippen LogP) is 2.67. The minimum atomic E-state index is -1.36. The summed E-state index contributed by atoms with van der Waals surface area (Å²) in [6.45, 7) is 0.216. The van der Waals surface area contributed by atoms with E-state index in [1.165, 1.54) is 18.3 Å². The number of aromatic carboxylic acids is 1. The molecule has 0 fully saturated rings. The van der Waals surface area contributed by atoms with Gasteiger partial charge in [-0.25, -0.2) is 18.6 Å². The van der Waals surface area contributed by atoms with Gasteiger partial charge in [-0.1, -0.05) is 12.1 Å². The first-order valence-electron chi connectivity index (χ1n) is 5.44. The fourth-order valence-electron chi connectivity index (χ4n) is 1.52. The monoisotopic (exact) mass is 264 g/mol. The number of nitrogens with zero attached hydrogens (tertiary/aromatic N) is 1. The summed E-state index contributed by atoms with van der Waals surface area (Å²) in [7, 11) is 0. The van der Waals surface area contributed by atoms with Crippen molar-refractivity contribution >= 4 is 11.8 Å². The number of rotatable bonds is 4. The normalized spacial score (nSPS) is 10.2. The molecule has 98 valence electrons. The van der Waals surface area contributed by atoms with Crippen LogP contribution < -0.4 is 5.32 Å². The van der Waals surface area contributed by atoms with Crippen LogP contribution in [0.1, 0.15) is 15.9 Å². The molecule has 0 unspecified atom stereocenters. The van der Waals surface area contributed by atoms with E-state index in [-0.39, 0.29) is 18.2 Å². The third kappa shape index (κ3) is 3.04. The van der Waals surface area contributed by atoms with Gasteiger partial charge in [-0.05, 0) is 23.8 Å². The van der Waals surface area contributed by atoms with Crippen LogP contribution in [0.3, 0.4) is 0 Å². The number of hydrogen-bond acceptors (Lipinski definition) is 3. The molecule has 0 bridgehead atoms. The highest BCUT2D eigenvalue weighted by Crippen LogP contribution is 2.16. The van der Waals surface area contributed by atoms with Crippen LogP contribution >= 0.6 is 0 Å². The number of halogens is 2. The Balaban J connectivity index is 2.13. The number of nitrogens with one attached hydrogen (secondary N) is 1. The molecule has 2 aromatic rings. The van der Waals surface area contributed by atoms with Crippen molar-refractivity contribution in [3.05, 3.63) is 59.3 Å². The molecule has 0 atom stereocenters. The lowest BCUT2D eigenvalue weighted by Crippen LogP contribution is -2.08. The zero-order valence-electron chi connectivity index (χ0n) is 9.73. The lowest BCUT2D eigenvalue weighted by molar-refractivity contribution is 0.0692. The van der Waals surface area contributed by atoms with E-state index in [1.54, 1.807) is 12.1 Å². The molecular formula is C13H10F2N2O2. The molecule has 1 aromatic heterocycles. The Hall–Kier alpha value is -2.50. The maximum absolute atomic E-state index is 13.7. The SMILES string of the molecule is O=C(O)c1ccnc(NCc2ccc(F)cc2)c1F. The number of carboxylic acids is 1. The number of pyridine rings is 1. The average molecular weight is 264 g/mol. The maximum atomic E-state index is 13.7. The Labute approximate surface area is 107 Å². The van der Waals surface area contributed by atoms with Gasteiger partial charge in [-0.15, -0.1) is 0 Å². The molecule has 0 spiro atoms. The summed E-state index contributed by atoms with van der Waals surface area (Å²) in [5.74, 6) is -2.79. The zero-order chi connectivity index (χ0) is 13.8. The summed E-state index contributed by atoms with van der Waals surface area (Å²) in [6.07, 6.45) is 1.21. The van der Waals surface area contributed by atoms with Gasteiger partial charge in [-0.2, -0.15) is 0 Å². The van der Waals surface area contributed by atoms with E-state index in [1.807, 2.05) is 0 Å². The number of aromatic nitrogens is 1. The fourth-order valence-corrected chi connectivity index (χ4v) is 1.52. The van der Waals surface area contributed by atoms with E-state index in [4.69, 9.17) is 5.11 Å². The van der Waals surface area contributed by atoms with Gasteiger partial charge < -0.3 is 10.4 Å². The van der Waals surface area contributed by atoms with Gasteiger partial charge in [0.1, 0.15) is 11.4 Å². The first-order chi connectivity index (χ1) is 9.08. The number of hydrogen-bond donors (Lipinski definition) is 2. The van der Waals surface area contributed by atoms with Crippen LogP contribution in [0.4, 0.5) is 14.6 Å². The minimum absolute atomic E-state index is 0.149. The molecule has 0 aliphatic heterocycles. The van der Waals surface area contributed by atoms with Crippen LogP contribution in [0.25, 0.3) is 0 Å². The lowest BCUT2D eigenvalue weighted by atomic mass is 10.2. The number of anilines is 1. The van der Waals surface area contributed by atoms with Crippen molar-refractivity contribution in [2.45, 2.75) is 6.54 Å². The summed E-state index contributed by atoms with van der Waals surface area (Å²) < 4.78 is 26.4. The molecule has 0 saturated heterocycles. The van der Waals surface area contributed by atoms with E-state index >= 15 is 0 Å². The second-order valence-corrected chi connectivity index (χ2v) is 3.81. The fraction of sp³-hybridized carbons (Fsp3) is 0.0769. The van der Waals surface area contributed by atoms with Crippen LogP contribution in [-0.4, -0.2) is 16.1 Å². The van der Waals surface area contributed by atoms with Crippen molar-refractivity contribution in [2.75, 3.05) is 5.32 Å². The molecule has 6 heteroatoms. The summed E-state index contributed by atoms with van der Waals surface area (Å²) in [4.78, 5) is 14.5. The Morgan fingerprint density at radius 3 is 2.53 bits per heavy atom. The van der Waals surface area contributed by atoms with Crippen LogP contribution in [0.5, 0.6) is 0 Å². The minimum Gasteiger partial charge on any atom is -0.478 e. The van der Waals surface area contributed by atoms with Crippen molar-refractivity contribution in [3.8, 4) is 0 Å². The number of benzene rings is 1. The third-order valence-corrected chi connectivity index (χ3v) is 2.49. The highest BCUT2D eigenvalue weighted by Gasteiger charge is 2.14. The molecule has 1 heterocycles. The molecular weight excluding hydrogens is 254 g/mol. The van der Waals surface area contributed by atoms with Gasteiger partial charge in [0.2, 0.25) is 0 Å². The van der Waals surface area contributed by atoms with Crippen molar-refractivity contribution in [1.29, 1.82) is 0 Å². The molecule has 0 amide bonds. The lowest BCUT2D eigenvalue weighted by Gasteiger charge is -2.08. The molecule has 2 N–H and O–H groups in total. The smallest absolute Gasteiger partial charge is 0.338 e. The van der Waals surface area contributed by atoms with Crippen molar-refractivity contribution in [2.24, 2.45) is 0 Å². The Morgan fingerprint density at radius 2 is 1.89 bits per heavy atom. The second-order valence-electron chi connectivity index (χ2n) is 3.81. The van der Waals surface area contributed by atoms with E-state index in [0.717, 1.165) is 11.6 Å². The van der Waals surface area contributed by atoms with Crippen LogP contribution in [0.2, 0.25) is 0 Å². The molecule has 0 aliphatic carbocycles. The van der Waals surface area contributed by atoms with Gasteiger partial charge in [0.15, 0.2) is 11.6 Å². The second kappa shape index (κ2) is 5.43. The molecule has 0 saturated carbocycles. The van der Waals surface area contributed by atoms with Crippen LogP contribution in [-0.2, 0) is 6.54 Å². The highest BCUT2D eigenvalue weighted by molar-refractivity contribution is 5.88. The van der Waals surface area contributed by atoms with Gasteiger partial charge in [0, 0.05) is 12.7 Å². The van der Waals surface area contributed by atoms with Gasteiger partial charge in [0.05, 0.1) is 0 Å². The number of carbonyl (C=O) groups is 1. The van der Waals surface area contributed by atoms with Crippen molar-refractivity contribution in [3.63, 3.8) is 0 Å². The van der Waals surface area contributed by atoms with Crippen LogP contribution in [0, 0.1) is 11.6 Å². The van der Waals surface area contributed by atoms with E-state index in [0.29, 0.717) is 0 Å². The van der Waals surface area contributed by atoms with Gasteiger partial charge in [-0.3, -0.25) is 0 Å². The largest absolute Gasteiger partial charge is 0.478 e. The third-order valence-electron chi connectivity index (χ3n) is 2.49. The average Bonchev–Trinajstić information content (AvgIpc) is 2.39. The summed E-state index contributed by atoms with van der Waals surface area (Å²) in [6, 6.07) is 6.74. The van der Waals surface area contributed by atoms with Gasteiger partial charge >= 0.3 is 5.97 Å². The molecule has 1 aromatic carbocycles. The molecule has 4 nitrogen and oxygen atoms in total. The van der Waals surface area contributed by atoms with Crippen molar-refractivity contribution in [1.82, 2.24) is 4.98 Å². The summed E-state index contributed by atoms with van der Waals surface area (Å²) in [5, 5.41) is 11.4. The number of carboxylic acid groups (broad SMARTS) is 1. The molecule has 2 rings (SSSR count). The quantitative estimate of drug-likeness (QED) is 0.891. The molecule has 19 heavy (non-hydrogen) atoms. The Morgan fingerprint density at radius 1 is 1.21 bits per heavy atom. The predicted molar refractivity (Wildman–Crippen MR) is 64.9 cm³/mol. The summed E-state index contributed by atoms with van der Waals surface area (Å²) >= 11 is 0. The van der Waals surface area contributed by atoms with E-state index < -0.39 is 17.3 Å². The standard InChI is InChI=1S/C13H10F2N2O2/c14-9-3-1-8(2-4-9)7-17-12-11(15)10(13(18)19)5-6-16-12/h1-6H,7H2,(H,16,17)(H,18,19). The van der Waals surface area contributed by atoms with E-state index in [9.17, 15) is 13.6 Å². The van der Waals surface area contributed by atoms with Crippen molar-refractivity contribution < 1.29 is 18.7 Å².